The maximum absolute atomic E-state index is 12.7. The van der Waals surface area contributed by atoms with Gasteiger partial charge in [0.25, 0.3) is 0 Å². The minimum absolute atomic E-state index is 0.0169. The molecule has 1 heterocycles. The van der Waals surface area contributed by atoms with Gasteiger partial charge in [-0.15, -0.1) is 0 Å². The number of hydrogen-bond donors (Lipinski definition) is 2. The van der Waals surface area contributed by atoms with Gasteiger partial charge in [0.05, 0.1) is 5.92 Å². The molecule has 2 N–H and O–H groups in total. The highest BCUT2D eigenvalue weighted by Gasteiger charge is 2.38. The normalized spacial score (nSPS) is 19.9. The standard InChI is InChI=1S/C27H32N2O5/c1-17(25(30)29-14-18(2)23(15-29)26(31)32)8-7-13-28-27(33)34-16-24-21-11-5-3-9-19(21)20-10-4-6-12-22(20)24/h3-6,9-12,17-18,23-24H,7-8,13-16H2,1-2H3,(H,28,33)(H,31,32)/t17?,18-,23-/m1/s1. The van der Waals surface area contributed by atoms with Gasteiger partial charge in [-0.25, -0.2) is 4.79 Å². The van der Waals surface area contributed by atoms with Crippen molar-refractivity contribution in [2.75, 3.05) is 26.2 Å². The van der Waals surface area contributed by atoms with Crippen LogP contribution in [-0.4, -0.2) is 54.2 Å². The predicted molar refractivity (Wildman–Crippen MR) is 128 cm³/mol. The topological polar surface area (TPSA) is 95.9 Å². The van der Waals surface area contributed by atoms with Crippen molar-refractivity contribution in [1.82, 2.24) is 10.2 Å². The molecule has 2 aromatic rings. The van der Waals surface area contributed by atoms with E-state index in [0.29, 0.717) is 25.9 Å². The van der Waals surface area contributed by atoms with Crippen molar-refractivity contribution < 1.29 is 24.2 Å². The summed E-state index contributed by atoms with van der Waals surface area (Å²) in [4.78, 5) is 37.9. The van der Waals surface area contributed by atoms with Gasteiger partial charge in [-0.1, -0.05) is 62.4 Å². The Kier molecular flexibility index (Phi) is 7.20. The molecule has 0 radical (unpaired) electrons. The Morgan fingerprint density at radius 1 is 1.06 bits per heavy atom. The van der Waals surface area contributed by atoms with E-state index in [2.05, 4.69) is 29.6 Å². The van der Waals surface area contributed by atoms with Crippen molar-refractivity contribution in [3.8, 4) is 11.1 Å². The second-order valence-electron chi connectivity index (χ2n) is 9.46. The zero-order chi connectivity index (χ0) is 24.2. The van der Waals surface area contributed by atoms with E-state index in [1.807, 2.05) is 38.1 Å². The monoisotopic (exact) mass is 464 g/mol. The van der Waals surface area contributed by atoms with E-state index in [1.54, 1.807) is 4.90 Å². The molecular weight excluding hydrogens is 432 g/mol. The number of benzene rings is 2. The zero-order valence-electron chi connectivity index (χ0n) is 19.7. The Balaban J connectivity index is 1.20. The van der Waals surface area contributed by atoms with Gasteiger partial charge in [0.15, 0.2) is 0 Å². The number of likely N-dealkylation sites (tertiary alicyclic amines) is 1. The molecule has 34 heavy (non-hydrogen) atoms. The molecule has 2 amide bonds. The summed E-state index contributed by atoms with van der Waals surface area (Å²) < 4.78 is 5.54. The van der Waals surface area contributed by atoms with Crippen LogP contribution in [0.15, 0.2) is 48.5 Å². The van der Waals surface area contributed by atoms with Crippen LogP contribution in [0.1, 0.15) is 43.7 Å². The number of alkyl carbamates (subject to hydrolysis) is 1. The summed E-state index contributed by atoms with van der Waals surface area (Å²) in [6.07, 6.45) is 0.798. The number of ether oxygens (including phenoxy) is 1. The number of nitrogens with zero attached hydrogens (tertiary/aromatic N) is 1. The lowest BCUT2D eigenvalue weighted by Gasteiger charge is -2.21. The first-order valence-corrected chi connectivity index (χ1v) is 12.0. The molecule has 1 fully saturated rings. The fourth-order valence-corrected chi connectivity index (χ4v) is 5.15. The second-order valence-corrected chi connectivity index (χ2v) is 9.46. The molecule has 7 nitrogen and oxygen atoms in total. The molecule has 2 aliphatic rings. The molecule has 0 bridgehead atoms. The van der Waals surface area contributed by atoms with Crippen LogP contribution in [0, 0.1) is 17.8 Å². The van der Waals surface area contributed by atoms with Crippen LogP contribution in [0.2, 0.25) is 0 Å². The van der Waals surface area contributed by atoms with Gasteiger partial charge in [0, 0.05) is 31.5 Å². The van der Waals surface area contributed by atoms with Crippen LogP contribution in [0.5, 0.6) is 0 Å². The van der Waals surface area contributed by atoms with E-state index in [4.69, 9.17) is 4.74 Å². The summed E-state index contributed by atoms with van der Waals surface area (Å²) in [5.74, 6) is -1.59. The molecule has 7 heteroatoms. The minimum Gasteiger partial charge on any atom is -0.481 e. The average Bonchev–Trinajstić information content (AvgIpc) is 3.38. The van der Waals surface area contributed by atoms with Crippen LogP contribution < -0.4 is 5.32 Å². The number of rotatable bonds is 8. The number of hydrogen-bond acceptors (Lipinski definition) is 4. The van der Waals surface area contributed by atoms with E-state index in [1.165, 1.54) is 22.3 Å². The summed E-state index contributed by atoms with van der Waals surface area (Å²) >= 11 is 0. The zero-order valence-corrected chi connectivity index (χ0v) is 19.7. The molecule has 1 saturated heterocycles. The first kappa shape index (κ1) is 23.8. The van der Waals surface area contributed by atoms with Gasteiger partial charge in [0.2, 0.25) is 5.91 Å². The number of amides is 2. The smallest absolute Gasteiger partial charge is 0.407 e. The summed E-state index contributed by atoms with van der Waals surface area (Å²) in [7, 11) is 0. The van der Waals surface area contributed by atoms with Crippen molar-refractivity contribution in [3.63, 3.8) is 0 Å². The molecule has 3 atom stereocenters. The van der Waals surface area contributed by atoms with Crippen LogP contribution in [0.25, 0.3) is 11.1 Å². The quantitative estimate of drug-likeness (QED) is 0.573. The van der Waals surface area contributed by atoms with Gasteiger partial charge in [-0.3, -0.25) is 9.59 Å². The number of carboxylic acid groups (broad SMARTS) is 1. The van der Waals surface area contributed by atoms with Crippen LogP contribution >= 0.6 is 0 Å². The molecule has 180 valence electrons. The van der Waals surface area contributed by atoms with E-state index in [0.717, 1.165) is 0 Å². The number of aliphatic carboxylic acids is 1. The van der Waals surface area contributed by atoms with Crippen molar-refractivity contribution in [1.29, 1.82) is 0 Å². The minimum atomic E-state index is -0.845. The highest BCUT2D eigenvalue weighted by molar-refractivity contribution is 5.81. The molecule has 1 aliphatic carbocycles. The third kappa shape index (κ3) is 4.93. The van der Waals surface area contributed by atoms with Crippen LogP contribution in [-0.2, 0) is 14.3 Å². The molecule has 2 aromatic carbocycles. The lowest BCUT2D eigenvalue weighted by atomic mass is 9.98. The SMILES string of the molecule is CC(CCCNC(=O)OCC1c2ccccc2-c2ccccc21)C(=O)N1C[C@@H](C)[C@H](C(=O)O)C1. The van der Waals surface area contributed by atoms with E-state index >= 15 is 0 Å². The molecule has 1 unspecified atom stereocenters. The highest BCUT2D eigenvalue weighted by atomic mass is 16.5. The lowest BCUT2D eigenvalue weighted by Crippen LogP contribution is -2.34. The fraction of sp³-hybridized carbons (Fsp3) is 0.444. The van der Waals surface area contributed by atoms with E-state index in [9.17, 15) is 19.5 Å². The summed E-state index contributed by atoms with van der Waals surface area (Å²) in [5, 5.41) is 12.1. The van der Waals surface area contributed by atoms with Gasteiger partial charge in [-0.05, 0) is 41.0 Å². The summed E-state index contributed by atoms with van der Waals surface area (Å²) in [5.41, 5.74) is 4.72. The van der Waals surface area contributed by atoms with Crippen molar-refractivity contribution in [2.24, 2.45) is 17.8 Å². The van der Waals surface area contributed by atoms with E-state index in [-0.39, 0.29) is 36.8 Å². The maximum Gasteiger partial charge on any atom is 0.407 e. The van der Waals surface area contributed by atoms with Crippen molar-refractivity contribution in [3.05, 3.63) is 59.7 Å². The number of carbonyl (C=O) groups is 3. The average molecular weight is 465 g/mol. The number of fused-ring (bicyclic) bond motifs is 3. The summed E-state index contributed by atoms with van der Waals surface area (Å²) in [6.45, 7) is 5.17. The van der Waals surface area contributed by atoms with Gasteiger partial charge >= 0.3 is 12.1 Å². The Labute approximate surface area is 200 Å². The number of carboxylic acids is 1. The van der Waals surface area contributed by atoms with Gasteiger partial charge in [-0.2, -0.15) is 0 Å². The molecular formula is C27H32N2O5. The third-order valence-corrected chi connectivity index (χ3v) is 7.09. The maximum atomic E-state index is 12.7. The van der Waals surface area contributed by atoms with E-state index < -0.39 is 18.0 Å². The molecule has 4 rings (SSSR count). The predicted octanol–water partition coefficient (Wildman–Crippen LogP) is 4.12. The highest BCUT2D eigenvalue weighted by Crippen LogP contribution is 2.44. The van der Waals surface area contributed by atoms with Crippen LogP contribution in [0.3, 0.4) is 0 Å². The largest absolute Gasteiger partial charge is 0.481 e. The Bertz CT molecular complexity index is 1020. The molecule has 0 spiro atoms. The second kappa shape index (κ2) is 10.3. The molecule has 0 saturated carbocycles. The Morgan fingerprint density at radius 3 is 2.26 bits per heavy atom. The number of carbonyl (C=O) groups excluding carboxylic acids is 2. The van der Waals surface area contributed by atoms with Gasteiger partial charge in [0.1, 0.15) is 6.61 Å². The number of nitrogens with one attached hydrogen (secondary N) is 1. The first-order valence-electron chi connectivity index (χ1n) is 12.0. The molecule has 1 aliphatic heterocycles. The Morgan fingerprint density at radius 2 is 1.68 bits per heavy atom. The summed E-state index contributed by atoms with van der Waals surface area (Å²) in [6, 6.07) is 16.4. The van der Waals surface area contributed by atoms with Crippen LogP contribution in [0.4, 0.5) is 4.79 Å². The fourth-order valence-electron chi connectivity index (χ4n) is 5.15. The lowest BCUT2D eigenvalue weighted by molar-refractivity contribution is -0.142. The van der Waals surface area contributed by atoms with Crippen molar-refractivity contribution >= 4 is 18.0 Å². The molecule has 0 aromatic heterocycles. The Hall–Kier alpha value is -3.35. The third-order valence-electron chi connectivity index (χ3n) is 7.09. The van der Waals surface area contributed by atoms with Crippen molar-refractivity contribution in [2.45, 2.75) is 32.6 Å². The first-order chi connectivity index (χ1) is 16.4. The van der Waals surface area contributed by atoms with Gasteiger partial charge < -0.3 is 20.1 Å².